The van der Waals surface area contributed by atoms with E-state index in [9.17, 15) is 9.59 Å². The van der Waals surface area contributed by atoms with Crippen molar-refractivity contribution in [2.45, 2.75) is 64.2 Å². The van der Waals surface area contributed by atoms with E-state index in [-0.39, 0.29) is 11.9 Å². The second-order valence-electron chi connectivity index (χ2n) is 15.0. The average Bonchev–Trinajstić information content (AvgIpc) is 3.27. The molecule has 2 aromatic heterocycles. The number of rotatable bonds is 10. The number of carbonyl (C=O) groups is 2. The fraction of sp³-hybridized carbons (Fsp3) is 0.280. The second-order valence-corrected chi connectivity index (χ2v) is 15.0. The Hall–Kier alpha value is -6.28. The molecule has 0 N–H and O–H groups in total. The van der Waals surface area contributed by atoms with Crippen LogP contribution in [0.3, 0.4) is 0 Å². The summed E-state index contributed by atoms with van der Waals surface area (Å²) < 4.78 is 21.8. The number of carbonyl (C=O) groups excluding carboxylic acids is 2. The Morgan fingerprint density at radius 3 is 1.43 bits per heavy atom. The van der Waals surface area contributed by atoms with Crippen molar-refractivity contribution in [3.63, 3.8) is 0 Å². The van der Waals surface area contributed by atoms with Gasteiger partial charge in [0.15, 0.2) is 0 Å². The molecule has 4 aromatic carbocycles. The van der Waals surface area contributed by atoms with Crippen LogP contribution in [-0.2, 0) is 22.3 Å². The SMILES string of the molecule is COC(=O)c1ccncc1CC[C@@H]1CCOc2cc(-c3cccc(C)c3)ccc21.COC(=O)c1ccncc1CC[C@H]1CCOc2cc(-c3cccc(C)c3)ccc21. The van der Waals surface area contributed by atoms with Crippen LogP contribution in [0.5, 0.6) is 11.5 Å². The van der Waals surface area contributed by atoms with Crippen molar-refractivity contribution in [3.05, 3.63) is 166 Å². The van der Waals surface area contributed by atoms with Crippen molar-refractivity contribution in [3.8, 4) is 33.8 Å². The van der Waals surface area contributed by atoms with E-state index in [4.69, 9.17) is 18.9 Å². The van der Waals surface area contributed by atoms with Crippen molar-refractivity contribution >= 4 is 11.9 Å². The molecule has 4 heterocycles. The predicted octanol–water partition coefficient (Wildman–Crippen LogP) is 10.7. The van der Waals surface area contributed by atoms with Gasteiger partial charge in [0.2, 0.25) is 0 Å². The van der Waals surface area contributed by atoms with Gasteiger partial charge in [-0.2, -0.15) is 0 Å². The zero-order chi connectivity index (χ0) is 40.4. The lowest BCUT2D eigenvalue weighted by Crippen LogP contribution is -2.15. The van der Waals surface area contributed by atoms with Gasteiger partial charge < -0.3 is 18.9 Å². The molecule has 8 rings (SSSR count). The van der Waals surface area contributed by atoms with Crippen LogP contribution in [0.4, 0.5) is 0 Å². The van der Waals surface area contributed by atoms with Gasteiger partial charge in [0.1, 0.15) is 11.5 Å². The highest BCUT2D eigenvalue weighted by Crippen LogP contribution is 2.41. The Balaban J connectivity index is 0.000000177. The molecule has 0 bridgehead atoms. The maximum absolute atomic E-state index is 12.0. The summed E-state index contributed by atoms with van der Waals surface area (Å²) in [4.78, 5) is 32.4. The van der Waals surface area contributed by atoms with Crippen LogP contribution in [-0.4, -0.2) is 49.3 Å². The molecule has 0 aliphatic carbocycles. The van der Waals surface area contributed by atoms with Crippen LogP contribution in [0.2, 0.25) is 0 Å². The first-order valence-electron chi connectivity index (χ1n) is 20.0. The third-order valence-corrected chi connectivity index (χ3v) is 11.2. The zero-order valence-electron chi connectivity index (χ0n) is 33.7. The van der Waals surface area contributed by atoms with Gasteiger partial charge in [-0.3, -0.25) is 9.97 Å². The number of esters is 2. The number of hydrogen-bond acceptors (Lipinski definition) is 8. The van der Waals surface area contributed by atoms with Crippen molar-refractivity contribution in [2.24, 2.45) is 0 Å². The van der Waals surface area contributed by atoms with Gasteiger partial charge in [-0.25, -0.2) is 9.59 Å². The van der Waals surface area contributed by atoms with Crippen molar-refractivity contribution in [2.75, 3.05) is 27.4 Å². The first-order chi connectivity index (χ1) is 28.3. The number of nitrogens with zero attached hydrogens (tertiary/aromatic N) is 2. The molecule has 296 valence electrons. The van der Waals surface area contributed by atoms with E-state index >= 15 is 0 Å². The topological polar surface area (TPSA) is 96.8 Å². The van der Waals surface area contributed by atoms with Crippen LogP contribution >= 0.6 is 0 Å². The van der Waals surface area contributed by atoms with Crippen LogP contribution < -0.4 is 9.47 Å². The lowest BCUT2D eigenvalue weighted by atomic mass is 9.86. The summed E-state index contributed by atoms with van der Waals surface area (Å²) in [5.41, 5.74) is 12.8. The predicted molar refractivity (Wildman–Crippen MR) is 227 cm³/mol. The second kappa shape index (κ2) is 18.8. The minimum absolute atomic E-state index is 0.308. The third-order valence-electron chi connectivity index (χ3n) is 11.2. The molecule has 0 amide bonds. The number of aromatic nitrogens is 2. The van der Waals surface area contributed by atoms with E-state index in [0.717, 1.165) is 61.2 Å². The van der Waals surface area contributed by atoms with E-state index < -0.39 is 0 Å². The Labute approximate surface area is 341 Å². The summed E-state index contributed by atoms with van der Waals surface area (Å²) in [5, 5.41) is 0. The molecular weight excluding hydrogens is 725 g/mol. The largest absolute Gasteiger partial charge is 0.493 e. The highest BCUT2D eigenvalue weighted by molar-refractivity contribution is 5.91. The Morgan fingerprint density at radius 1 is 0.586 bits per heavy atom. The number of ether oxygens (including phenoxy) is 4. The summed E-state index contributed by atoms with van der Waals surface area (Å²) in [7, 11) is 2.82. The monoisotopic (exact) mass is 774 g/mol. The lowest BCUT2D eigenvalue weighted by molar-refractivity contribution is 0.0590. The number of fused-ring (bicyclic) bond motifs is 2. The van der Waals surface area contributed by atoms with Crippen LogP contribution in [0.15, 0.2) is 122 Å². The average molecular weight is 775 g/mol. The minimum atomic E-state index is -0.308. The van der Waals surface area contributed by atoms with E-state index in [1.54, 1.807) is 36.9 Å². The smallest absolute Gasteiger partial charge is 0.338 e. The highest BCUT2D eigenvalue weighted by Gasteiger charge is 2.25. The first kappa shape index (κ1) is 39.9. The number of methoxy groups -OCH3 is 2. The van der Waals surface area contributed by atoms with Crippen molar-refractivity contribution in [1.82, 2.24) is 9.97 Å². The fourth-order valence-corrected chi connectivity index (χ4v) is 8.07. The molecule has 2 aliphatic heterocycles. The molecule has 0 saturated carbocycles. The number of hydrogen-bond donors (Lipinski definition) is 0. The quantitative estimate of drug-likeness (QED) is 0.127. The van der Waals surface area contributed by atoms with Crippen molar-refractivity contribution < 1.29 is 28.5 Å². The molecule has 8 heteroatoms. The van der Waals surface area contributed by atoms with E-state index in [2.05, 4.69) is 109 Å². The summed E-state index contributed by atoms with van der Waals surface area (Å²) >= 11 is 0. The molecule has 0 fully saturated rings. The van der Waals surface area contributed by atoms with E-state index in [1.165, 1.54) is 58.7 Å². The fourth-order valence-electron chi connectivity index (χ4n) is 8.07. The van der Waals surface area contributed by atoms with E-state index in [0.29, 0.717) is 36.2 Å². The summed E-state index contributed by atoms with van der Waals surface area (Å²) in [6.45, 7) is 5.64. The first-order valence-corrected chi connectivity index (χ1v) is 20.0. The molecule has 0 saturated heterocycles. The lowest BCUT2D eigenvalue weighted by Gasteiger charge is -2.26. The Morgan fingerprint density at radius 2 is 1.02 bits per heavy atom. The van der Waals surface area contributed by atoms with Crippen LogP contribution in [0, 0.1) is 13.8 Å². The Kier molecular flexibility index (Phi) is 12.9. The molecule has 2 aliphatic rings. The van der Waals surface area contributed by atoms with Crippen LogP contribution in [0.1, 0.15) is 91.6 Å². The summed E-state index contributed by atoms with van der Waals surface area (Å²) in [6.07, 6.45) is 12.2. The minimum Gasteiger partial charge on any atom is -0.493 e. The number of pyridine rings is 2. The highest BCUT2D eigenvalue weighted by atomic mass is 16.5. The molecule has 6 aromatic rings. The normalized spacial score (nSPS) is 15.3. The van der Waals surface area contributed by atoms with Crippen LogP contribution in [0.25, 0.3) is 22.3 Å². The van der Waals surface area contributed by atoms with Gasteiger partial charge >= 0.3 is 11.9 Å². The van der Waals surface area contributed by atoms with Gasteiger partial charge in [-0.15, -0.1) is 0 Å². The zero-order valence-corrected chi connectivity index (χ0v) is 33.7. The van der Waals surface area contributed by atoms with Gasteiger partial charge in [0, 0.05) is 24.8 Å². The maximum atomic E-state index is 12.0. The van der Waals surface area contributed by atoms with Gasteiger partial charge in [0.25, 0.3) is 0 Å². The molecule has 58 heavy (non-hydrogen) atoms. The molecule has 0 radical (unpaired) electrons. The van der Waals surface area contributed by atoms with Gasteiger partial charge in [-0.05, 0) is 133 Å². The molecule has 0 unspecified atom stereocenters. The maximum Gasteiger partial charge on any atom is 0.338 e. The molecule has 2 atom stereocenters. The molecule has 0 spiro atoms. The standard InChI is InChI=1S/2C25H25NO3/c2*1-17-4-3-5-19(14-17)20-8-9-22-18(11-13-29-24(22)15-20)6-7-21-16-26-12-10-23(21)25(27)28-2/h2*3-5,8-10,12,14-16,18H,6-7,11,13H2,1-2H3/t2*18-/m10/s1. The molecular formula is C50H50N2O6. The third kappa shape index (κ3) is 9.46. The molecule has 8 nitrogen and oxygen atoms in total. The van der Waals surface area contributed by atoms with Crippen molar-refractivity contribution in [1.29, 1.82) is 0 Å². The number of benzene rings is 4. The Bertz CT molecular complexity index is 2220. The van der Waals surface area contributed by atoms with Gasteiger partial charge in [-0.1, -0.05) is 83.9 Å². The summed E-state index contributed by atoms with van der Waals surface area (Å²) in [6, 6.07) is 33.5. The van der Waals surface area contributed by atoms with E-state index in [1.807, 2.05) is 0 Å². The number of aryl methyl sites for hydroxylation is 4. The van der Waals surface area contributed by atoms with Gasteiger partial charge in [0.05, 0.1) is 38.6 Å². The summed E-state index contributed by atoms with van der Waals surface area (Å²) in [5.74, 6) is 2.13.